The third-order valence-corrected chi connectivity index (χ3v) is 1.56. The molecule has 0 saturated carbocycles. The number of carbonyl (C=O) groups is 1. The van der Waals surface area contributed by atoms with Gasteiger partial charge in [0.15, 0.2) is 0 Å². The fraction of sp³-hybridized carbons (Fsp3) is 0.143. The molecule has 0 aliphatic carbocycles. The number of aromatic carboxylic acids is 1. The molecule has 1 heterocycles. The van der Waals surface area contributed by atoms with Gasteiger partial charge in [0.25, 0.3) is 12.0 Å². The molecule has 0 bridgehead atoms. The average Bonchev–Trinajstić information content (AvgIpc) is 2.08. The quantitative estimate of drug-likeness (QED) is 0.656. The third-order valence-electron chi connectivity index (χ3n) is 1.56. The molecule has 76 valence electrons. The molecular formula is C7H6F2N2O3. The molecule has 0 aromatic carbocycles. The Balaban J connectivity index is 3.43. The van der Waals surface area contributed by atoms with Crippen LogP contribution in [-0.2, 0) is 0 Å². The highest BCUT2D eigenvalue weighted by Crippen LogP contribution is 2.17. The predicted octanol–water partition coefficient (Wildman–Crippen LogP) is 0.593. The average molecular weight is 204 g/mol. The topological polar surface area (TPSA) is 96.2 Å². The first-order valence-corrected chi connectivity index (χ1v) is 3.47. The summed E-state index contributed by atoms with van der Waals surface area (Å²) in [7, 11) is 0. The summed E-state index contributed by atoms with van der Waals surface area (Å²) >= 11 is 0. The van der Waals surface area contributed by atoms with Crippen molar-refractivity contribution in [2.45, 2.75) is 6.43 Å². The lowest BCUT2D eigenvalue weighted by Gasteiger charge is -2.03. The number of carboxylic acids is 1. The molecule has 5 nitrogen and oxygen atoms in total. The summed E-state index contributed by atoms with van der Waals surface area (Å²) in [5.74, 6) is -1.52. The molecule has 1 rings (SSSR count). The minimum absolute atomic E-state index is 0.582. The minimum atomic E-state index is -2.94. The second kappa shape index (κ2) is 3.44. The highest BCUT2D eigenvalue weighted by molar-refractivity contribution is 5.93. The maximum Gasteiger partial charge on any atom is 0.338 e. The van der Waals surface area contributed by atoms with Gasteiger partial charge in [-0.2, -0.15) is 0 Å². The fourth-order valence-electron chi connectivity index (χ4n) is 0.885. The van der Waals surface area contributed by atoms with Crippen LogP contribution in [0.3, 0.4) is 0 Å². The van der Waals surface area contributed by atoms with Gasteiger partial charge in [-0.05, 0) is 6.07 Å². The maximum atomic E-state index is 12.1. The number of aromatic nitrogens is 1. The van der Waals surface area contributed by atoms with Crippen LogP contribution in [0.25, 0.3) is 0 Å². The van der Waals surface area contributed by atoms with E-state index >= 15 is 0 Å². The second-order valence-corrected chi connectivity index (χ2v) is 2.49. The van der Waals surface area contributed by atoms with Crippen molar-refractivity contribution >= 4 is 11.7 Å². The smallest absolute Gasteiger partial charge is 0.338 e. The molecule has 0 amide bonds. The number of hydrogen-bond acceptors (Lipinski definition) is 3. The van der Waals surface area contributed by atoms with Gasteiger partial charge in [-0.3, -0.25) is 4.79 Å². The molecular weight excluding hydrogens is 198 g/mol. The fourth-order valence-corrected chi connectivity index (χ4v) is 0.885. The number of carboxylic acid groups (broad SMARTS) is 1. The summed E-state index contributed by atoms with van der Waals surface area (Å²) in [5, 5.41) is 8.52. The van der Waals surface area contributed by atoms with E-state index in [0.29, 0.717) is 6.07 Å². The van der Waals surface area contributed by atoms with Gasteiger partial charge >= 0.3 is 5.97 Å². The number of nitrogen functional groups attached to an aromatic ring is 1. The second-order valence-electron chi connectivity index (χ2n) is 2.49. The number of H-pyrrole nitrogens is 1. The van der Waals surface area contributed by atoms with Gasteiger partial charge in [0.1, 0.15) is 5.69 Å². The van der Waals surface area contributed by atoms with Crippen LogP contribution in [0, 0.1) is 0 Å². The van der Waals surface area contributed by atoms with Crippen molar-refractivity contribution in [1.82, 2.24) is 4.98 Å². The predicted molar refractivity (Wildman–Crippen MR) is 43.4 cm³/mol. The van der Waals surface area contributed by atoms with Gasteiger partial charge in [-0.15, -0.1) is 0 Å². The van der Waals surface area contributed by atoms with E-state index in [9.17, 15) is 18.4 Å². The first-order chi connectivity index (χ1) is 6.43. The normalized spacial score (nSPS) is 10.5. The molecule has 0 spiro atoms. The van der Waals surface area contributed by atoms with Crippen LogP contribution in [0.1, 0.15) is 22.5 Å². The molecule has 0 radical (unpaired) electrons. The van der Waals surface area contributed by atoms with Crippen LogP contribution in [0.15, 0.2) is 10.9 Å². The summed E-state index contributed by atoms with van der Waals surface area (Å²) < 4.78 is 24.2. The molecule has 7 heteroatoms. The highest BCUT2D eigenvalue weighted by Gasteiger charge is 2.16. The summed E-state index contributed by atoms with van der Waals surface area (Å²) in [6.45, 7) is 0. The third kappa shape index (κ3) is 1.70. The molecule has 0 unspecified atom stereocenters. The van der Waals surface area contributed by atoms with Crippen LogP contribution in [0.5, 0.6) is 0 Å². The number of halogens is 2. The first kappa shape index (κ1) is 10.2. The lowest BCUT2D eigenvalue weighted by molar-refractivity contribution is 0.0697. The summed E-state index contributed by atoms with van der Waals surface area (Å²) in [6.07, 6.45) is -2.94. The van der Waals surface area contributed by atoms with Gasteiger partial charge in [-0.1, -0.05) is 0 Å². The zero-order valence-electron chi connectivity index (χ0n) is 6.75. The van der Waals surface area contributed by atoms with Crippen molar-refractivity contribution in [3.63, 3.8) is 0 Å². The monoisotopic (exact) mass is 204 g/mol. The standard InChI is InChI=1S/C7H6F2N2O3/c8-5(9)3-1-2(7(13)14)4(10)6(12)11-3/h1,5H,10H2,(H,11,12)(H,13,14). The van der Waals surface area contributed by atoms with Gasteiger partial charge in [-0.25, -0.2) is 13.6 Å². The van der Waals surface area contributed by atoms with Gasteiger partial charge in [0, 0.05) is 0 Å². The van der Waals surface area contributed by atoms with E-state index in [1.165, 1.54) is 0 Å². The maximum absolute atomic E-state index is 12.1. The number of pyridine rings is 1. The highest BCUT2D eigenvalue weighted by atomic mass is 19.3. The van der Waals surface area contributed by atoms with Crippen molar-refractivity contribution < 1.29 is 18.7 Å². The van der Waals surface area contributed by atoms with E-state index in [1.54, 1.807) is 4.98 Å². The van der Waals surface area contributed by atoms with Gasteiger partial charge < -0.3 is 15.8 Å². The summed E-state index contributed by atoms with van der Waals surface area (Å²) in [6, 6.07) is 0.643. The van der Waals surface area contributed by atoms with Gasteiger partial charge in [0.2, 0.25) is 0 Å². The molecule has 1 aromatic heterocycles. The Labute approximate surface area is 76.2 Å². The Morgan fingerprint density at radius 2 is 2.14 bits per heavy atom. The van der Waals surface area contributed by atoms with Crippen LogP contribution in [0.2, 0.25) is 0 Å². The number of nitrogens with one attached hydrogen (secondary N) is 1. The number of aromatic amines is 1. The van der Waals surface area contributed by atoms with E-state index in [-0.39, 0.29) is 0 Å². The van der Waals surface area contributed by atoms with E-state index in [0.717, 1.165) is 0 Å². The lowest BCUT2D eigenvalue weighted by atomic mass is 10.2. The Morgan fingerprint density at radius 3 is 2.57 bits per heavy atom. The Kier molecular flexibility index (Phi) is 2.50. The molecule has 14 heavy (non-hydrogen) atoms. The molecule has 0 fully saturated rings. The number of nitrogens with two attached hydrogens (primary N) is 1. The molecule has 0 aliphatic heterocycles. The Hall–Kier alpha value is -1.92. The number of alkyl halides is 2. The number of anilines is 1. The first-order valence-electron chi connectivity index (χ1n) is 3.47. The van der Waals surface area contributed by atoms with Crippen LogP contribution in [-0.4, -0.2) is 16.1 Å². The van der Waals surface area contributed by atoms with Crippen molar-refractivity contribution in [2.24, 2.45) is 0 Å². The molecule has 0 atom stereocenters. The van der Waals surface area contributed by atoms with Crippen molar-refractivity contribution in [1.29, 1.82) is 0 Å². The number of hydrogen-bond donors (Lipinski definition) is 3. The summed E-state index contributed by atoms with van der Waals surface area (Å²) in [4.78, 5) is 23.1. The zero-order valence-corrected chi connectivity index (χ0v) is 6.75. The Morgan fingerprint density at radius 1 is 1.57 bits per heavy atom. The lowest BCUT2D eigenvalue weighted by Crippen LogP contribution is -2.19. The SMILES string of the molecule is Nc1c(C(=O)O)cc(C(F)F)[nH]c1=O. The molecule has 4 N–H and O–H groups in total. The van der Waals surface area contributed by atoms with E-state index in [4.69, 9.17) is 10.8 Å². The largest absolute Gasteiger partial charge is 0.478 e. The number of rotatable bonds is 2. The van der Waals surface area contributed by atoms with Crippen LogP contribution < -0.4 is 11.3 Å². The van der Waals surface area contributed by atoms with E-state index in [2.05, 4.69) is 0 Å². The molecule has 1 aromatic rings. The van der Waals surface area contributed by atoms with Crippen LogP contribution in [0.4, 0.5) is 14.5 Å². The zero-order chi connectivity index (χ0) is 10.9. The molecule has 0 aliphatic rings. The minimum Gasteiger partial charge on any atom is -0.478 e. The van der Waals surface area contributed by atoms with Crippen molar-refractivity contribution in [3.8, 4) is 0 Å². The Bertz CT molecular complexity index is 427. The summed E-state index contributed by atoms with van der Waals surface area (Å²) in [5.41, 5.74) is 2.09. The van der Waals surface area contributed by atoms with Crippen LogP contribution >= 0.6 is 0 Å². The van der Waals surface area contributed by atoms with Crippen molar-refractivity contribution in [3.05, 3.63) is 27.7 Å². The van der Waals surface area contributed by atoms with Gasteiger partial charge in [0.05, 0.1) is 11.3 Å². The van der Waals surface area contributed by atoms with Crippen molar-refractivity contribution in [2.75, 3.05) is 5.73 Å². The van der Waals surface area contributed by atoms with E-state index in [1.807, 2.05) is 0 Å². The molecule has 0 saturated heterocycles. The van der Waals surface area contributed by atoms with E-state index < -0.39 is 34.9 Å².